The third kappa shape index (κ3) is 3.30. The molecule has 1 saturated heterocycles. The van der Waals surface area contributed by atoms with Crippen molar-refractivity contribution in [1.29, 1.82) is 0 Å². The molecule has 2 atom stereocenters. The Morgan fingerprint density at radius 1 is 1.35 bits per heavy atom. The SMILES string of the molecule is CCC1CC(O)(Cc2ccc(C)cc2)CCO1. The van der Waals surface area contributed by atoms with Gasteiger partial charge in [-0.05, 0) is 25.3 Å². The van der Waals surface area contributed by atoms with E-state index >= 15 is 0 Å². The number of hydrogen-bond donors (Lipinski definition) is 1. The van der Waals surface area contributed by atoms with Crippen LogP contribution in [0.5, 0.6) is 0 Å². The van der Waals surface area contributed by atoms with Crippen molar-refractivity contribution in [2.75, 3.05) is 6.61 Å². The molecule has 17 heavy (non-hydrogen) atoms. The lowest BCUT2D eigenvalue weighted by Crippen LogP contribution is -2.42. The van der Waals surface area contributed by atoms with Crippen molar-refractivity contribution < 1.29 is 9.84 Å². The lowest BCUT2D eigenvalue weighted by molar-refractivity contribution is -0.103. The molecule has 1 fully saturated rings. The molecule has 0 aromatic heterocycles. The van der Waals surface area contributed by atoms with E-state index < -0.39 is 5.60 Å². The fraction of sp³-hybridized carbons (Fsp3) is 0.600. The summed E-state index contributed by atoms with van der Waals surface area (Å²) in [6, 6.07) is 8.44. The normalized spacial score (nSPS) is 29.2. The van der Waals surface area contributed by atoms with Crippen LogP contribution in [0.15, 0.2) is 24.3 Å². The molecule has 1 aromatic rings. The van der Waals surface area contributed by atoms with Crippen LogP contribution in [0.3, 0.4) is 0 Å². The van der Waals surface area contributed by atoms with Gasteiger partial charge in [-0.2, -0.15) is 0 Å². The summed E-state index contributed by atoms with van der Waals surface area (Å²) in [5.41, 5.74) is 1.91. The van der Waals surface area contributed by atoms with Crippen LogP contribution >= 0.6 is 0 Å². The highest BCUT2D eigenvalue weighted by Gasteiger charge is 2.34. The van der Waals surface area contributed by atoms with Crippen molar-refractivity contribution >= 4 is 0 Å². The van der Waals surface area contributed by atoms with Crippen molar-refractivity contribution in [1.82, 2.24) is 0 Å². The average molecular weight is 234 g/mol. The van der Waals surface area contributed by atoms with Gasteiger partial charge in [0.1, 0.15) is 0 Å². The molecular weight excluding hydrogens is 212 g/mol. The van der Waals surface area contributed by atoms with E-state index in [9.17, 15) is 5.11 Å². The minimum atomic E-state index is -0.575. The third-order valence-corrected chi connectivity index (χ3v) is 3.64. The van der Waals surface area contributed by atoms with Gasteiger partial charge in [-0.3, -0.25) is 0 Å². The van der Waals surface area contributed by atoms with E-state index in [2.05, 4.69) is 38.1 Å². The van der Waals surface area contributed by atoms with Gasteiger partial charge >= 0.3 is 0 Å². The van der Waals surface area contributed by atoms with Crippen LogP contribution in [-0.2, 0) is 11.2 Å². The van der Waals surface area contributed by atoms with Crippen LogP contribution in [0, 0.1) is 6.92 Å². The van der Waals surface area contributed by atoms with E-state index in [0.717, 1.165) is 25.7 Å². The van der Waals surface area contributed by atoms with E-state index in [0.29, 0.717) is 6.61 Å². The molecule has 0 saturated carbocycles. The second-order valence-corrected chi connectivity index (χ2v) is 5.24. The molecule has 94 valence electrons. The first-order valence-corrected chi connectivity index (χ1v) is 6.51. The zero-order valence-corrected chi connectivity index (χ0v) is 10.8. The van der Waals surface area contributed by atoms with Crippen LogP contribution in [0.2, 0.25) is 0 Å². The van der Waals surface area contributed by atoms with Crippen molar-refractivity contribution in [2.45, 2.75) is 51.2 Å². The first-order valence-electron chi connectivity index (χ1n) is 6.51. The number of hydrogen-bond acceptors (Lipinski definition) is 2. The maximum absolute atomic E-state index is 10.6. The molecule has 1 aromatic carbocycles. The zero-order chi connectivity index (χ0) is 12.3. The number of aliphatic hydroxyl groups is 1. The van der Waals surface area contributed by atoms with Crippen molar-refractivity contribution in [3.05, 3.63) is 35.4 Å². The van der Waals surface area contributed by atoms with E-state index in [1.165, 1.54) is 11.1 Å². The van der Waals surface area contributed by atoms with E-state index in [4.69, 9.17) is 4.74 Å². The smallest absolute Gasteiger partial charge is 0.0734 e. The number of ether oxygens (including phenoxy) is 1. The van der Waals surface area contributed by atoms with E-state index in [1.54, 1.807) is 0 Å². The molecule has 0 amide bonds. The molecule has 1 aliphatic rings. The Balaban J connectivity index is 2.03. The van der Waals surface area contributed by atoms with Gasteiger partial charge in [0.15, 0.2) is 0 Å². The standard InChI is InChI=1S/C15H22O2/c1-3-14-11-15(16,8-9-17-14)10-13-6-4-12(2)5-7-13/h4-7,14,16H,3,8-11H2,1-2H3. The van der Waals surface area contributed by atoms with Gasteiger partial charge in [-0.25, -0.2) is 0 Å². The summed E-state index contributed by atoms with van der Waals surface area (Å²) in [5, 5.41) is 10.6. The largest absolute Gasteiger partial charge is 0.389 e. The molecule has 1 aliphatic heterocycles. The molecule has 0 radical (unpaired) electrons. The fourth-order valence-electron chi connectivity index (χ4n) is 2.51. The molecule has 0 bridgehead atoms. The van der Waals surface area contributed by atoms with E-state index in [-0.39, 0.29) is 6.10 Å². The van der Waals surface area contributed by atoms with Gasteiger partial charge in [0.25, 0.3) is 0 Å². The quantitative estimate of drug-likeness (QED) is 0.871. The Morgan fingerprint density at radius 3 is 2.71 bits per heavy atom. The summed E-state index contributed by atoms with van der Waals surface area (Å²) in [5.74, 6) is 0. The van der Waals surface area contributed by atoms with E-state index in [1.807, 2.05) is 0 Å². The van der Waals surface area contributed by atoms with Gasteiger partial charge in [0, 0.05) is 19.4 Å². The third-order valence-electron chi connectivity index (χ3n) is 3.64. The van der Waals surface area contributed by atoms with Crippen molar-refractivity contribution in [2.24, 2.45) is 0 Å². The van der Waals surface area contributed by atoms with Crippen LogP contribution in [0.25, 0.3) is 0 Å². The second kappa shape index (κ2) is 5.19. The molecule has 2 rings (SSSR count). The minimum Gasteiger partial charge on any atom is -0.389 e. The maximum Gasteiger partial charge on any atom is 0.0734 e. The Labute approximate surface area is 104 Å². The number of benzene rings is 1. The second-order valence-electron chi connectivity index (χ2n) is 5.24. The molecular formula is C15H22O2. The molecule has 1 heterocycles. The van der Waals surface area contributed by atoms with Crippen molar-refractivity contribution in [3.63, 3.8) is 0 Å². The van der Waals surface area contributed by atoms with Gasteiger partial charge in [0.2, 0.25) is 0 Å². The summed E-state index contributed by atoms with van der Waals surface area (Å²) >= 11 is 0. The summed E-state index contributed by atoms with van der Waals surface area (Å²) in [6.07, 6.45) is 3.46. The molecule has 1 N–H and O–H groups in total. The predicted molar refractivity (Wildman–Crippen MR) is 69.1 cm³/mol. The summed E-state index contributed by atoms with van der Waals surface area (Å²) < 4.78 is 5.62. The van der Waals surface area contributed by atoms with Crippen LogP contribution in [0.4, 0.5) is 0 Å². The topological polar surface area (TPSA) is 29.5 Å². The molecule has 2 unspecified atom stereocenters. The van der Waals surface area contributed by atoms with Crippen molar-refractivity contribution in [3.8, 4) is 0 Å². The predicted octanol–water partition coefficient (Wildman–Crippen LogP) is 2.86. The Kier molecular flexibility index (Phi) is 3.85. The molecule has 0 spiro atoms. The monoisotopic (exact) mass is 234 g/mol. The molecule has 2 heteroatoms. The Bertz CT molecular complexity index is 358. The first kappa shape index (κ1) is 12.6. The molecule has 0 aliphatic carbocycles. The van der Waals surface area contributed by atoms with Gasteiger partial charge in [-0.15, -0.1) is 0 Å². The van der Waals surface area contributed by atoms with Gasteiger partial charge in [0.05, 0.1) is 11.7 Å². The Hall–Kier alpha value is -0.860. The summed E-state index contributed by atoms with van der Waals surface area (Å²) in [4.78, 5) is 0. The average Bonchev–Trinajstić information content (AvgIpc) is 2.32. The van der Waals surface area contributed by atoms with Crippen LogP contribution in [0.1, 0.15) is 37.3 Å². The lowest BCUT2D eigenvalue weighted by atomic mass is 9.84. The zero-order valence-electron chi connectivity index (χ0n) is 10.8. The van der Waals surface area contributed by atoms with Gasteiger partial charge < -0.3 is 9.84 Å². The highest BCUT2D eigenvalue weighted by Crippen LogP contribution is 2.29. The molecule has 2 nitrogen and oxygen atoms in total. The summed E-state index contributed by atoms with van der Waals surface area (Å²) in [7, 11) is 0. The van der Waals surface area contributed by atoms with Crippen LogP contribution < -0.4 is 0 Å². The summed E-state index contributed by atoms with van der Waals surface area (Å²) in [6.45, 7) is 4.88. The minimum absolute atomic E-state index is 0.221. The number of aryl methyl sites for hydroxylation is 1. The van der Waals surface area contributed by atoms with Crippen LogP contribution in [-0.4, -0.2) is 23.4 Å². The lowest BCUT2D eigenvalue weighted by Gasteiger charge is -2.36. The highest BCUT2D eigenvalue weighted by atomic mass is 16.5. The highest BCUT2D eigenvalue weighted by molar-refractivity contribution is 5.23. The number of rotatable bonds is 3. The Morgan fingerprint density at radius 2 is 2.06 bits per heavy atom. The fourth-order valence-corrected chi connectivity index (χ4v) is 2.51. The first-order chi connectivity index (χ1) is 8.11. The maximum atomic E-state index is 10.6. The van der Waals surface area contributed by atoms with Gasteiger partial charge in [-0.1, -0.05) is 36.8 Å².